The van der Waals surface area contributed by atoms with Crippen LogP contribution in [0.5, 0.6) is 5.75 Å². The number of nitrogens with zero attached hydrogens (tertiary/aromatic N) is 2. The minimum atomic E-state index is -1.30. The van der Waals surface area contributed by atoms with Crippen LogP contribution < -0.4 is 4.74 Å². The average Bonchev–Trinajstić information content (AvgIpc) is 3.34. The summed E-state index contributed by atoms with van der Waals surface area (Å²) in [5.41, 5.74) is 2.63. The molecule has 9 nitrogen and oxygen atoms in total. The van der Waals surface area contributed by atoms with Gasteiger partial charge in [0.2, 0.25) is 11.7 Å². The molecule has 1 fully saturated rings. The van der Waals surface area contributed by atoms with Crippen LogP contribution in [0.15, 0.2) is 53.5 Å². The number of aromatic nitrogens is 2. The third-order valence-corrected chi connectivity index (χ3v) is 5.08. The molecule has 34 heavy (non-hydrogen) atoms. The van der Waals surface area contributed by atoms with E-state index in [2.05, 4.69) is 15.0 Å². The predicted octanol–water partition coefficient (Wildman–Crippen LogP) is 3.48. The zero-order chi connectivity index (χ0) is 24.2. The van der Waals surface area contributed by atoms with Crippen LogP contribution in [0.2, 0.25) is 0 Å². The topological polar surface area (TPSA) is 123 Å². The molecule has 3 aromatic rings. The number of esters is 1. The number of aliphatic hydroxyl groups is 1. The molecule has 0 radical (unpaired) electrons. The molecule has 1 saturated heterocycles. The Bertz CT molecular complexity index is 1290. The van der Waals surface area contributed by atoms with E-state index in [0.717, 1.165) is 10.9 Å². The van der Waals surface area contributed by atoms with Gasteiger partial charge in [0.1, 0.15) is 18.0 Å². The third kappa shape index (κ3) is 4.84. The van der Waals surface area contributed by atoms with Crippen molar-refractivity contribution in [3.63, 3.8) is 0 Å². The number of aromatic amines is 1. The Kier molecular flexibility index (Phi) is 6.74. The van der Waals surface area contributed by atoms with E-state index in [1.165, 1.54) is 0 Å². The van der Waals surface area contributed by atoms with E-state index in [4.69, 9.17) is 19.3 Å². The lowest BCUT2D eigenvalue weighted by molar-refractivity contribution is -0.151. The second-order valence-corrected chi connectivity index (χ2v) is 8.01. The van der Waals surface area contributed by atoms with Crippen molar-refractivity contribution in [2.75, 3.05) is 13.2 Å². The van der Waals surface area contributed by atoms with Crippen LogP contribution in [0.3, 0.4) is 0 Å². The molecule has 0 aliphatic carbocycles. The number of aryl methyl sites for hydroxylation is 1. The number of benzene rings is 1. The average molecular weight is 463 g/mol. The molecule has 1 aromatic carbocycles. The Hall–Kier alpha value is -3.98. The summed E-state index contributed by atoms with van der Waals surface area (Å²) >= 11 is 0. The summed E-state index contributed by atoms with van der Waals surface area (Å²) in [4.78, 5) is 37.8. The number of hydrogen-bond donors (Lipinski definition) is 2. The zero-order valence-electron chi connectivity index (χ0n) is 19.1. The number of aliphatic hydroxyl groups excluding tert-OH is 1. The van der Waals surface area contributed by atoms with Crippen molar-refractivity contribution in [1.29, 1.82) is 0 Å². The fourth-order valence-electron chi connectivity index (χ4n) is 3.54. The van der Waals surface area contributed by atoms with Crippen LogP contribution in [-0.2, 0) is 19.1 Å². The van der Waals surface area contributed by atoms with Gasteiger partial charge in [-0.25, -0.2) is 9.98 Å². The highest BCUT2D eigenvalue weighted by Gasteiger charge is 2.45. The van der Waals surface area contributed by atoms with Crippen LogP contribution in [0, 0.1) is 12.8 Å². The Labute approximate surface area is 196 Å². The fraction of sp³-hybridized carbons (Fsp3) is 0.280. The van der Waals surface area contributed by atoms with E-state index in [1.807, 2.05) is 13.0 Å². The van der Waals surface area contributed by atoms with Crippen molar-refractivity contribution in [2.24, 2.45) is 10.9 Å². The molecule has 1 unspecified atom stereocenters. The summed E-state index contributed by atoms with van der Waals surface area (Å²) < 4.78 is 16.6. The van der Waals surface area contributed by atoms with E-state index < -0.39 is 23.8 Å². The maximum Gasteiger partial charge on any atom is 0.326 e. The van der Waals surface area contributed by atoms with Gasteiger partial charge in [-0.2, -0.15) is 0 Å². The van der Waals surface area contributed by atoms with Crippen molar-refractivity contribution in [2.45, 2.75) is 26.9 Å². The van der Waals surface area contributed by atoms with Gasteiger partial charge in [-0.1, -0.05) is 0 Å². The molecular weight excluding hydrogens is 438 g/mol. The first-order valence-electron chi connectivity index (χ1n) is 10.9. The highest BCUT2D eigenvalue weighted by Crippen LogP contribution is 2.31. The SMILES string of the molecule is Cc1cc(OCCO)ccc1N=C1O/C(=C\c2c[nH]c3ncccc23)C(=O)C1C(=O)OC(C)C. The van der Waals surface area contributed by atoms with E-state index in [-0.39, 0.29) is 24.9 Å². The lowest BCUT2D eigenvalue weighted by Crippen LogP contribution is -2.29. The molecule has 176 valence electrons. The Morgan fingerprint density at radius 3 is 2.91 bits per heavy atom. The predicted molar refractivity (Wildman–Crippen MR) is 126 cm³/mol. The number of ether oxygens (including phenoxy) is 3. The summed E-state index contributed by atoms with van der Waals surface area (Å²) in [6.45, 7) is 5.31. The maximum absolute atomic E-state index is 13.2. The normalized spacial score (nSPS) is 18.1. The number of carbonyl (C=O) groups is 2. The molecule has 1 aliphatic heterocycles. The molecule has 4 rings (SSSR count). The summed E-state index contributed by atoms with van der Waals surface area (Å²) in [6, 6.07) is 8.80. The second kappa shape index (κ2) is 9.88. The van der Waals surface area contributed by atoms with Gasteiger partial charge in [0.15, 0.2) is 11.7 Å². The van der Waals surface area contributed by atoms with Crippen molar-refractivity contribution in [1.82, 2.24) is 9.97 Å². The number of hydrogen-bond acceptors (Lipinski definition) is 8. The van der Waals surface area contributed by atoms with Gasteiger partial charge in [0.25, 0.3) is 0 Å². The summed E-state index contributed by atoms with van der Waals surface area (Å²) in [7, 11) is 0. The molecule has 1 aliphatic rings. The van der Waals surface area contributed by atoms with Crippen molar-refractivity contribution in [3.05, 3.63) is 59.6 Å². The van der Waals surface area contributed by atoms with Crippen molar-refractivity contribution < 1.29 is 28.9 Å². The number of H-pyrrole nitrogens is 1. The number of fused-ring (bicyclic) bond motifs is 1. The van der Waals surface area contributed by atoms with Crippen LogP contribution in [0.1, 0.15) is 25.0 Å². The first kappa shape index (κ1) is 23.2. The van der Waals surface area contributed by atoms with Gasteiger partial charge in [0.05, 0.1) is 18.4 Å². The monoisotopic (exact) mass is 463 g/mol. The van der Waals surface area contributed by atoms with Gasteiger partial charge in [0, 0.05) is 23.3 Å². The van der Waals surface area contributed by atoms with Crippen molar-refractivity contribution in [3.8, 4) is 5.75 Å². The standard InChI is InChI=1S/C25H25N3O6/c1-14(2)33-25(31)21-22(30)20(12-16-13-27-23-18(16)5-4-8-26-23)34-24(21)28-19-7-6-17(11-15(19)3)32-10-9-29/h4-8,11-14,21,29H,9-10H2,1-3H3,(H,26,27)/b20-12-,28-24?. The van der Waals surface area contributed by atoms with Crippen LogP contribution >= 0.6 is 0 Å². The highest BCUT2D eigenvalue weighted by molar-refractivity contribution is 6.27. The first-order chi connectivity index (χ1) is 16.4. The van der Waals surface area contributed by atoms with Gasteiger partial charge < -0.3 is 24.3 Å². The first-order valence-corrected chi connectivity index (χ1v) is 10.9. The molecule has 0 amide bonds. The van der Waals surface area contributed by atoms with Crippen LogP contribution in [0.25, 0.3) is 17.1 Å². The Morgan fingerprint density at radius 2 is 2.18 bits per heavy atom. The molecule has 2 N–H and O–H groups in total. The minimum absolute atomic E-state index is 0.00485. The second-order valence-electron chi connectivity index (χ2n) is 8.01. The molecular formula is C25H25N3O6. The Morgan fingerprint density at radius 1 is 1.35 bits per heavy atom. The van der Waals surface area contributed by atoms with Gasteiger partial charge in [-0.15, -0.1) is 0 Å². The number of Topliss-reactive ketones (excluding diaryl/α,β-unsaturated/α-hetero) is 1. The van der Waals surface area contributed by atoms with Crippen LogP contribution in [0.4, 0.5) is 5.69 Å². The number of allylic oxidation sites excluding steroid dienone is 1. The lowest BCUT2D eigenvalue weighted by Gasteiger charge is -2.11. The van der Waals surface area contributed by atoms with E-state index >= 15 is 0 Å². The molecule has 2 aromatic heterocycles. The summed E-state index contributed by atoms with van der Waals surface area (Å²) in [5, 5.41) is 9.75. The summed E-state index contributed by atoms with van der Waals surface area (Å²) in [5.74, 6) is -2.03. The third-order valence-electron chi connectivity index (χ3n) is 5.08. The number of aliphatic imine (C=N–C) groups is 1. The maximum atomic E-state index is 13.2. The number of ketones is 1. The number of rotatable bonds is 7. The molecule has 9 heteroatoms. The summed E-state index contributed by atoms with van der Waals surface area (Å²) in [6.07, 6.45) is 4.55. The molecule has 3 heterocycles. The number of pyridine rings is 1. The van der Waals surface area contributed by atoms with E-state index in [1.54, 1.807) is 56.6 Å². The Balaban J connectivity index is 1.71. The minimum Gasteiger partial charge on any atom is -0.491 e. The number of carbonyl (C=O) groups excluding carboxylic acids is 2. The van der Waals surface area contributed by atoms with Crippen molar-refractivity contribution >= 4 is 40.4 Å². The quantitative estimate of drug-likeness (QED) is 0.312. The van der Waals surface area contributed by atoms with E-state index in [0.29, 0.717) is 22.6 Å². The lowest BCUT2D eigenvalue weighted by atomic mass is 10.0. The fourth-order valence-corrected chi connectivity index (χ4v) is 3.54. The number of nitrogens with one attached hydrogen (secondary N) is 1. The van der Waals surface area contributed by atoms with Gasteiger partial charge in [-0.3, -0.25) is 9.59 Å². The molecule has 0 spiro atoms. The van der Waals surface area contributed by atoms with E-state index in [9.17, 15) is 9.59 Å². The van der Waals surface area contributed by atoms with Gasteiger partial charge in [-0.05, 0) is 62.7 Å². The zero-order valence-corrected chi connectivity index (χ0v) is 19.1. The highest BCUT2D eigenvalue weighted by atomic mass is 16.6. The molecule has 0 saturated carbocycles. The molecule has 0 bridgehead atoms. The largest absolute Gasteiger partial charge is 0.491 e. The van der Waals surface area contributed by atoms with Gasteiger partial charge >= 0.3 is 5.97 Å². The molecule has 1 atom stereocenters. The van der Waals surface area contributed by atoms with Crippen LogP contribution in [-0.4, -0.2) is 52.0 Å². The smallest absolute Gasteiger partial charge is 0.326 e.